The molecule has 0 spiro atoms. The summed E-state index contributed by atoms with van der Waals surface area (Å²) in [5.74, 6) is 0.653. The number of amides is 1. The third-order valence-corrected chi connectivity index (χ3v) is 2.86. The number of para-hydroxylation sites is 2. The quantitative estimate of drug-likeness (QED) is 0.672. The molecule has 1 unspecified atom stereocenters. The molecule has 2 rings (SSSR count). The molecule has 1 aliphatic rings. The lowest BCUT2D eigenvalue weighted by Gasteiger charge is -2.26. The zero-order chi connectivity index (χ0) is 12.8. The fraction of sp³-hybridized carbons (Fsp3) is 0.462. The van der Waals surface area contributed by atoms with Gasteiger partial charge in [-0.3, -0.25) is 4.79 Å². The Balaban J connectivity index is 1.83. The van der Waals surface area contributed by atoms with Gasteiger partial charge in [-0.1, -0.05) is 12.1 Å². The minimum atomic E-state index is -0.460. The molecule has 0 bridgehead atoms. The molecule has 1 aliphatic heterocycles. The highest BCUT2D eigenvalue weighted by molar-refractivity contribution is 5.83. The van der Waals surface area contributed by atoms with E-state index in [1.165, 1.54) is 0 Å². The lowest BCUT2D eigenvalue weighted by atomic mass is 10.2. The van der Waals surface area contributed by atoms with Crippen LogP contribution in [-0.4, -0.2) is 31.6 Å². The third-order valence-electron chi connectivity index (χ3n) is 2.86. The first-order chi connectivity index (χ1) is 8.81. The summed E-state index contributed by atoms with van der Waals surface area (Å²) in [7, 11) is 0. The summed E-state index contributed by atoms with van der Waals surface area (Å²) in [5.41, 5.74) is 6.33. The molecule has 0 aromatic heterocycles. The topological polar surface area (TPSA) is 76.4 Å². The van der Waals surface area contributed by atoms with Gasteiger partial charge in [-0.25, -0.2) is 0 Å². The lowest BCUT2D eigenvalue weighted by molar-refractivity contribution is -0.127. The van der Waals surface area contributed by atoms with E-state index in [1.807, 2.05) is 24.3 Å². The fourth-order valence-corrected chi connectivity index (χ4v) is 1.85. The van der Waals surface area contributed by atoms with Crippen molar-refractivity contribution in [1.29, 1.82) is 0 Å². The molecular weight excluding hydrogens is 230 g/mol. The van der Waals surface area contributed by atoms with E-state index in [1.54, 1.807) is 0 Å². The highest BCUT2D eigenvalue weighted by atomic mass is 16.5. The highest BCUT2D eigenvalue weighted by Gasteiger charge is 2.24. The van der Waals surface area contributed by atoms with E-state index in [4.69, 9.17) is 10.5 Å². The average Bonchev–Trinajstić information content (AvgIpc) is 2.43. The van der Waals surface area contributed by atoms with Gasteiger partial charge in [0, 0.05) is 6.54 Å². The van der Waals surface area contributed by atoms with Crippen molar-refractivity contribution >= 4 is 11.6 Å². The molecule has 4 N–H and O–H groups in total. The molecule has 1 amide bonds. The minimum absolute atomic E-state index is 0.0750. The van der Waals surface area contributed by atoms with Gasteiger partial charge in [0.1, 0.15) is 5.75 Å². The number of ether oxygens (including phenoxy) is 1. The first-order valence-corrected chi connectivity index (χ1v) is 6.28. The van der Waals surface area contributed by atoms with Crippen LogP contribution >= 0.6 is 0 Å². The largest absolute Gasteiger partial charge is 0.477 e. The van der Waals surface area contributed by atoms with Crippen LogP contribution in [0.25, 0.3) is 0 Å². The van der Waals surface area contributed by atoms with Crippen LogP contribution in [0.15, 0.2) is 24.3 Å². The van der Waals surface area contributed by atoms with Crippen LogP contribution in [0.4, 0.5) is 5.69 Å². The summed E-state index contributed by atoms with van der Waals surface area (Å²) in [5, 5.41) is 6.05. The number of carbonyl (C=O) groups excluding carboxylic acids is 1. The van der Waals surface area contributed by atoms with Crippen LogP contribution in [0.5, 0.6) is 5.75 Å². The molecule has 0 saturated carbocycles. The second-order valence-corrected chi connectivity index (χ2v) is 4.27. The van der Waals surface area contributed by atoms with E-state index < -0.39 is 6.10 Å². The van der Waals surface area contributed by atoms with E-state index in [-0.39, 0.29) is 5.91 Å². The maximum Gasteiger partial charge on any atom is 0.262 e. The van der Waals surface area contributed by atoms with E-state index in [0.29, 0.717) is 19.6 Å². The molecule has 0 radical (unpaired) electrons. The van der Waals surface area contributed by atoms with Gasteiger partial charge in [-0.05, 0) is 31.5 Å². The Morgan fingerprint density at radius 2 is 2.28 bits per heavy atom. The van der Waals surface area contributed by atoms with Crippen LogP contribution in [-0.2, 0) is 4.79 Å². The number of carbonyl (C=O) groups is 1. The van der Waals surface area contributed by atoms with Crippen molar-refractivity contribution in [2.45, 2.75) is 18.9 Å². The van der Waals surface area contributed by atoms with Gasteiger partial charge >= 0.3 is 0 Å². The van der Waals surface area contributed by atoms with Crippen molar-refractivity contribution in [3.63, 3.8) is 0 Å². The Hall–Kier alpha value is -1.75. The molecule has 1 heterocycles. The predicted octanol–water partition coefficient (Wildman–Crippen LogP) is 0.715. The first kappa shape index (κ1) is 12.7. The van der Waals surface area contributed by atoms with Crippen LogP contribution in [0.1, 0.15) is 12.8 Å². The van der Waals surface area contributed by atoms with Crippen molar-refractivity contribution in [3.8, 4) is 5.75 Å². The number of fused-ring (bicyclic) bond motifs is 1. The number of rotatable bonds is 5. The van der Waals surface area contributed by atoms with Gasteiger partial charge in [0.05, 0.1) is 12.2 Å². The summed E-state index contributed by atoms with van der Waals surface area (Å²) in [6, 6.07) is 7.62. The Morgan fingerprint density at radius 3 is 3.11 bits per heavy atom. The summed E-state index contributed by atoms with van der Waals surface area (Å²) >= 11 is 0. The maximum atomic E-state index is 11.9. The van der Waals surface area contributed by atoms with Gasteiger partial charge in [0.2, 0.25) is 0 Å². The molecule has 1 atom stereocenters. The molecule has 0 saturated heterocycles. The summed E-state index contributed by atoms with van der Waals surface area (Å²) < 4.78 is 5.65. The molecule has 0 aliphatic carbocycles. The Morgan fingerprint density at radius 1 is 1.44 bits per heavy atom. The molecule has 5 heteroatoms. The smallest absolute Gasteiger partial charge is 0.262 e. The SMILES string of the molecule is NCCCCNC(=O)C1CNc2ccccc2O1. The van der Waals surface area contributed by atoms with Crippen molar-refractivity contribution in [2.75, 3.05) is 25.0 Å². The van der Waals surface area contributed by atoms with Gasteiger partial charge in [0.25, 0.3) is 5.91 Å². The number of unbranched alkanes of at least 4 members (excludes halogenated alkanes) is 1. The molecule has 5 nitrogen and oxygen atoms in total. The summed E-state index contributed by atoms with van der Waals surface area (Å²) in [6.07, 6.45) is 1.36. The molecule has 18 heavy (non-hydrogen) atoms. The van der Waals surface area contributed by atoms with Gasteiger partial charge in [-0.2, -0.15) is 0 Å². The third kappa shape index (κ3) is 3.13. The number of benzene rings is 1. The van der Waals surface area contributed by atoms with Gasteiger partial charge in [0.15, 0.2) is 6.10 Å². The van der Waals surface area contributed by atoms with Gasteiger partial charge < -0.3 is 21.1 Å². The van der Waals surface area contributed by atoms with Crippen LogP contribution in [0.3, 0.4) is 0 Å². The van der Waals surface area contributed by atoms with Gasteiger partial charge in [-0.15, -0.1) is 0 Å². The maximum absolute atomic E-state index is 11.9. The van der Waals surface area contributed by atoms with Crippen molar-refractivity contribution in [3.05, 3.63) is 24.3 Å². The normalized spacial score (nSPS) is 17.3. The number of hydrogen-bond donors (Lipinski definition) is 3. The second-order valence-electron chi connectivity index (χ2n) is 4.27. The van der Waals surface area contributed by atoms with E-state index in [2.05, 4.69) is 10.6 Å². The predicted molar refractivity (Wildman–Crippen MR) is 70.6 cm³/mol. The second kappa shape index (κ2) is 6.26. The average molecular weight is 249 g/mol. The van der Waals surface area contributed by atoms with E-state index in [0.717, 1.165) is 24.3 Å². The molecular formula is C13H19N3O2. The molecule has 98 valence electrons. The zero-order valence-corrected chi connectivity index (χ0v) is 10.3. The van der Waals surface area contributed by atoms with Crippen molar-refractivity contribution in [2.24, 2.45) is 5.73 Å². The summed E-state index contributed by atoms with van der Waals surface area (Å²) in [6.45, 7) is 1.81. The minimum Gasteiger partial charge on any atom is -0.477 e. The molecule has 1 aromatic carbocycles. The summed E-state index contributed by atoms with van der Waals surface area (Å²) in [4.78, 5) is 11.9. The highest BCUT2D eigenvalue weighted by Crippen LogP contribution is 2.28. The number of nitrogens with one attached hydrogen (secondary N) is 2. The Labute approximate surface area is 107 Å². The number of nitrogens with two attached hydrogens (primary N) is 1. The number of hydrogen-bond acceptors (Lipinski definition) is 4. The van der Waals surface area contributed by atoms with E-state index in [9.17, 15) is 4.79 Å². The fourth-order valence-electron chi connectivity index (χ4n) is 1.85. The van der Waals surface area contributed by atoms with Crippen molar-refractivity contribution < 1.29 is 9.53 Å². The van der Waals surface area contributed by atoms with Crippen LogP contribution in [0.2, 0.25) is 0 Å². The van der Waals surface area contributed by atoms with E-state index >= 15 is 0 Å². The number of anilines is 1. The lowest BCUT2D eigenvalue weighted by Crippen LogP contribution is -2.45. The molecule has 1 aromatic rings. The van der Waals surface area contributed by atoms with Crippen LogP contribution in [0, 0.1) is 0 Å². The van der Waals surface area contributed by atoms with Crippen molar-refractivity contribution in [1.82, 2.24) is 5.32 Å². The molecule has 0 fully saturated rings. The Bertz CT molecular complexity index is 409. The standard InChI is InChI=1S/C13H19N3O2/c14-7-3-4-8-15-13(17)12-9-16-10-5-1-2-6-11(10)18-12/h1-2,5-6,12,16H,3-4,7-9,14H2,(H,15,17). The first-order valence-electron chi connectivity index (χ1n) is 6.28. The Kier molecular flexibility index (Phi) is 4.41. The monoisotopic (exact) mass is 249 g/mol. The zero-order valence-electron chi connectivity index (χ0n) is 10.3. The van der Waals surface area contributed by atoms with Crippen LogP contribution < -0.4 is 21.1 Å².